The Hall–Kier alpha value is -1.71. The molecule has 1 aliphatic rings. The van der Waals surface area contributed by atoms with Gasteiger partial charge in [0.05, 0.1) is 7.11 Å². The van der Waals surface area contributed by atoms with Crippen LogP contribution in [-0.2, 0) is 4.74 Å². The standard InChI is InChI=1S/C11H12O4/c1-5-8(14-3)4-7(12)10-9(5)6(2)15-11(10)13/h4,6,12H,1-3H3. The summed E-state index contributed by atoms with van der Waals surface area (Å²) in [5, 5.41) is 9.68. The Bertz CT molecular complexity index is 437. The normalized spacial score (nSPS) is 18.6. The lowest BCUT2D eigenvalue weighted by Crippen LogP contribution is -1.97. The summed E-state index contributed by atoms with van der Waals surface area (Å²) < 4.78 is 10.1. The van der Waals surface area contributed by atoms with E-state index in [-0.39, 0.29) is 17.4 Å². The molecule has 1 unspecified atom stereocenters. The Balaban J connectivity index is 2.74. The fourth-order valence-electron chi connectivity index (χ4n) is 1.98. The Morgan fingerprint density at radius 1 is 1.53 bits per heavy atom. The van der Waals surface area contributed by atoms with E-state index in [0.29, 0.717) is 5.75 Å². The van der Waals surface area contributed by atoms with Gasteiger partial charge in [-0.25, -0.2) is 4.79 Å². The smallest absolute Gasteiger partial charge is 0.342 e. The molecule has 1 atom stereocenters. The Morgan fingerprint density at radius 2 is 2.20 bits per heavy atom. The van der Waals surface area contributed by atoms with Gasteiger partial charge in [0, 0.05) is 11.6 Å². The van der Waals surface area contributed by atoms with Crippen molar-refractivity contribution >= 4 is 5.97 Å². The number of carbonyl (C=O) groups is 1. The van der Waals surface area contributed by atoms with E-state index in [1.165, 1.54) is 13.2 Å². The molecule has 0 fully saturated rings. The molecular weight excluding hydrogens is 196 g/mol. The third-order valence-corrected chi connectivity index (χ3v) is 2.68. The van der Waals surface area contributed by atoms with Crippen LogP contribution in [0.5, 0.6) is 11.5 Å². The van der Waals surface area contributed by atoms with Crippen molar-refractivity contribution in [2.45, 2.75) is 20.0 Å². The second-order valence-electron chi connectivity index (χ2n) is 3.56. The van der Waals surface area contributed by atoms with Gasteiger partial charge in [0.1, 0.15) is 23.2 Å². The van der Waals surface area contributed by atoms with Crippen molar-refractivity contribution in [1.29, 1.82) is 0 Å². The van der Waals surface area contributed by atoms with Crippen LogP contribution in [0.25, 0.3) is 0 Å². The van der Waals surface area contributed by atoms with Gasteiger partial charge in [-0.1, -0.05) is 0 Å². The van der Waals surface area contributed by atoms with Crippen molar-refractivity contribution in [1.82, 2.24) is 0 Å². The molecule has 0 amide bonds. The fourth-order valence-corrected chi connectivity index (χ4v) is 1.98. The van der Waals surface area contributed by atoms with Gasteiger partial charge in [0.25, 0.3) is 0 Å². The van der Waals surface area contributed by atoms with Crippen molar-refractivity contribution in [3.05, 3.63) is 22.8 Å². The van der Waals surface area contributed by atoms with E-state index in [1.807, 2.05) is 6.92 Å². The molecule has 1 N–H and O–H groups in total. The summed E-state index contributed by atoms with van der Waals surface area (Å²) in [7, 11) is 1.52. The molecule has 1 heterocycles. The number of phenols is 1. The summed E-state index contributed by atoms with van der Waals surface area (Å²) in [6, 6.07) is 1.44. The van der Waals surface area contributed by atoms with E-state index < -0.39 is 5.97 Å². The van der Waals surface area contributed by atoms with Crippen LogP contribution in [-0.4, -0.2) is 18.2 Å². The number of phenolic OH excluding ortho intramolecular Hbond substituents is 1. The molecule has 0 radical (unpaired) electrons. The molecule has 0 bridgehead atoms. The summed E-state index contributed by atoms with van der Waals surface area (Å²) in [6.45, 7) is 3.62. The SMILES string of the molecule is COc1cc(O)c2c(c1C)C(C)OC2=O. The first-order valence-electron chi connectivity index (χ1n) is 4.67. The molecule has 0 saturated heterocycles. The second kappa shape index (κ2) is 3.15. The summed E-state index contributed by atoms with van der Waals surface area (Å²) in [5.74, 6) is 0.0129. The molecule has 80 valence electrons. The number of hydrogen-bond donors (Lipinski definition) is 1. The first-order valence-corrected chi connectivity index (χ1v) is 4.67. The second-order valence-corrected chi connectivity index (χ2v) is 3.56. The highest BCUT2D eigenvalue weighted by atomic mass is 16.5. The summed E-state index contributed by atoms with van der Waals surface area (Å²) >= 11 is 0. The molecule has 4 nitrogen and oxygen atoms in total. The van der Waals surface area contributed by atoms with Crippen molar-refractivity contribution in [2.75, 3.05) is 7.11 Å². The minimum absolute atomic E-state index is 0.0817. The van der Waals surface area contributed by atoms with Gasteiger partial charge >= 0.3 is 5.97 Å². The maximum Gasteiger partial charge on any atom is 0.342 e. The molecular formula is C11H12O4. The van der Waals surface area contributed by atoms with Gasteiger partial charge < -0.3 is 14.6 Å². The van der Waals surface area contributed by atoms with Crippen molar-refractivity contribution < 1.29 is 19.4 Å². The zero-order chi connectivity index (χ0) is 11.2. The Kier molecular flexibility index (Phi) is 2.07. The van der Waals surface area contributed by atoms with Crippen LogP contribution in [0.4, 0.5) is 0 Å². The zero-order valence-corrected chi connectivity index (χ0v) is 8.83. The maximum atomic E-state index is 11.4. The van der Waals surface area contributed by atoms with Crippen LogP contribution in [0.2, 0.25) is 0 Å². The number of rotatable bonds is 1. The number of benzene rings is 1. The summed E-state index contributed by atoms with van der Waals surface area (Å²) in [4.78, 5) is 11.4. The van der Waals surface area contributed by atoms with Gasteiger partial charge in [-0.3, -0.25) is 0 Å². The lowest BCUT2D eigenvalue weighted by atomic mass is 9.98. The van der Waals surface area contributed by atoms with E-state index in [1.54, 1.807) is 6.92 Å². The molecule has 15 heavy (non-hydrogen) atoms. The molecule has 0 aromatic heterocycles. The van der Waals surface area contributed by atoms with Crippen LogP contribution in [0.1, 0.15) is 34.5 Å². The number of methoxy groups -OCH3 is 1. The third kappa shape index (κ3) is 1.25. The first kappa shape index (κ1) is 9.83. The minimum Gasteiger partial charge on any atom is -0.507 e. The van der Waals surface area contributed by atoms with Crippen LogP contribution in [0, 0.1) is 6.92 Å². The van der Waals surface area contributed by atoms with E-state index in [2.05, 4.69) is 0 Å². The number of hydrogen-bond acceptors (Lipinski definition) is 4. The predicted octanol–water partition coefficient (Wildman–Crippen LogP) is 1.94. The molecule has 0 saturated carbocycles. The lowest BCUT2D eigenvalue weighted by Gasteiger charge is -2.11. The van der Waals surface area contributed by atoms with Crippen LogP contribution < -0.4 is 4.74 Å². The molecule has 0 spiro atoms. The van der Waals surface area contributed by atoms with E-state index in [9.17, 15) is 9.90 Å². The quantitative estimate of drug-likeness (QED) is 0.716. The number of ether oxygens (including phenoxy) is 2. The van der Waals surface area contributed by atoms with Gasteiger partial charge in [-0.15, -0.1) is 0 Å². The van der Waals surface area contributed by atoms with Crippen LogP contribution in [0.15, 0.2) is 6.07 Å². The molecule has 1 aliphatic heterocycles. The number of aromatic hydroxyl groups is 1. The third-order valence-electron chi connectivity index (χ3n) is 2.68. The van der Waals surface area contributed by atoms with Crippen molar-refractivity contribution in [3.8, 4) is 11.5 Å². The highest BCUT2D eigenvalue weighted by Gasteiger charge is 2.33. The average molecular weight is 208 g/mol. The minimum atomic E-state index is -0.472. The highest BCUT2D eigenvalue weighted by Crippen LogP contribution is 2.41. The summed E-state index contributed by atoms with van der Waals surface area (Å²) in [5.41, 5.74) is 1.82. The molecule has 1 aromatic rings. The number of cyclic esters (lactones) is 1. The number of esters is 1. The topological polar surface area (TPSA) is 55.8 Å². The molecule has 1 aromatic carbocycles. The van der Waals surface area contributed by atoms with Gasteiger partial charge in [-0.2, -0.15) is 0 Å². The highest BCUT2D eigenvalue weighted by molar-refractivity contribution is 5.97. The van der Waals surface area contributed by atoms with Gasteiger partial charge in [0.15, 0.2) is 0 Å². The Labute approximate surface area is 87.4 Å². The number of carbonyl (C=O) groups excluding carboxylic acids is 1. The van der Waals surface area contributed by atoms with Gasteiger partial charge in [-0.05, 0) is 19.4 Å². The maximum absolute atomic E-state index is 11.4. The average Bonchev–Trinajstić information content (AvgIpc) is 2.48. The molecule has 4 heteroatoms. The van der Waals surface area contributed by atoms with Gasteiger partial charge in [0.2, 0.25) is 0 Å². The van der Waals surface area contributed by atoms with Crippen LogP contribution in [0.3, 0.4) is 0 Å². The predicted molar refractivity (Wildman–Crippen MR) is 53.2 cm³/mol. The molecule has 2 rings (SSSR count). The number of fused-ring (bicyclic) bond motifs is 1. The molecule has 0 aliphatic carbocycles. The monoisotopic (exact) mass is 208 g/mol. The van der Waals surface area contributed by atoms with E-state index in [4.69, 9.17) is 9.47 Å². The lowest BCUT2D eigenvalue weighted by molar-refractivity contribution is 0.0419. The largest absolute Gasteiger partial charge is 0.507 e. The van der Waals surface area contributed by atoms with E-state index in [0.717, 1.165) is 11.1 Å². The fraction of sp³-hybridized carbons (Fsp3) is 0.364. The van der Waals surface area contributed by atoms with Crippen LogP contribution >= 0.6 is 0 Å². The van der Waals surface area contributed by atoms with E-state index >= 15 is 0 Å². The first-order chi connectivity index (χ1) is 7.06. The van der Waals surface area contributed by atoms with Crippen molar-refractivity contribution in [2.24, 2.45) is 0 Å². The zero-order valence-electron chi connectivity index (χ0n) is 8.83. The summed E-state index contributed by atoms with van der Waals surface area (Å²) in [6.07, 6.45) is -0.325. The van der Waals surface area contributed by atoms with Crippen molar-refractivity contribution in [3.63, 3.8) is 0 Å². The Morgan fingerprint density at radius 3 is 2.80 bits per heavy atom.